The highest BCUT2D eigenvalue weighted by Crippen LogP contribution is 2.33. The van der Waals surface area contributed by atoms with Gasteiger partial charge in [0, 0.05) is 10.2 Å². The quantitative estimate of drug-likeness (QED) is 0.598. The number of carbonyl (C=O) groups is 1. The summed E-state index contributed by atoms with van der Waals surface area (Å²) < 4.78 is 7.40. The molecule has 0 saturated heterocycles. The zero-order valence-corrected chi connectivity index (χ0v) is 15.2. The molecule has 0 aliphatic rings. The standard InChI is InChI=1S/C18H13Br2NO2/c19-13-5-3-6-14(10-13)21-17(22)11-23-16-9-8-12-4-1-2-7-15(12)18(16)20/h1-10H,11H2,(H,21,22). The van der Waals surface area contributed by atoms with Crippen LogP contribution in [0.1, 0.15) is 0 Å². The van der Waals surface area contributed by atoms with Crippen LogP contribution < -0.4 is 10.1 Å². The molecule has 1 amide bonds. The largest absolute Gasteiger partial charge is 0.483 e. The normalized spacial score (nSPS) is 10.5. The van der Waals surface area contributed by atoms with E-state index < -0.39 is 0 Å². The summed E-state index contributed by atoms with van der Waals surface area (Å²) in [5.41, 5.74) is 0.727. The number of hydrogen-bond donors (Lipinski definition) is 1. The van der Waals surface area contributed by atoms with Crippen molar-refractivity contribution in [3.8, 4) is 5.75 Å². The molecule has 23 heavy (non-hydrogen) atoms. The van der Waals surface area contributed by atoms with E-state index in [2.05, 4.69) is 37.2 Å². The van der Waals surface area contributed by atoms with Gasteiger partial charge in [0.05, 0.1) is 4.47 Å². The molecule has 0 atom stereocenters. The number of carbonyl (C=O) groups excluding carboxylic acids is 1. The highest BCUT2D eigenvalue weighted by atomic mass is 79.9. The van der Waals surface area contributed by atoms with Crippen LogP contribution in [-0.2, 0) is 4.79 Å². The molecule has 3 aromatic carbocycles. The van der Waals surface area contributed by atoms with E-state index in [4.69, 9.17) is 4.74 Å². The molecule has 3 rings (SSSR count). The molecule has 0 radical (unpaired) electrons. The number of ether oxygens (including phenoxy) is 1. The predicted octanol–water partition coefficient (Wildman–Crippen LogP) is 5.38. The van der Waals surface area contributed by atoms with E-state index in [1.807, 2.05) is 60.7 Å². The first-order valence-electron chi connectivity index (χ1n) is 6.99. The summed E-state index contributed by atoms with van der Waals surface area (Å²) in [7, 11) is 0. The lowest BCUT2D eigenvalue weighted by Crippen LogP contribution is -2.20. The molecule has 0 fully saturated rings. The van der Waals surface area contributed by atoms with Gasteiger partial charge < -0.3 is 10.1 Å². The van der Waals surface area contributed by atoms with Gasteiger partial charge in [-0.3, -0.25) is 4.79 Å². The number of rotatable bonds is 4. The highest BCUT2D eigenvalue weighted by Gasteiger charge is 2.09. The topological polar surface area (TPSA) is 38.3 Å². The predicted molar refractivity (Wildman–Crippen MR) is 99.9 cm³/mol. The van der Waals surface area contributed by atoms with Gasteiger partial charge in [-0.2, -0.15) is 0 Å². The monoisotopic (exact) mass is 433 g/mol. The minimum Gasteiger partial charge on any atom is -0.483 e. The lowest BCUT2D eigenvalue weighted by Gasteiger charge is -2.11. The van der Waals surface area contributed by atoms with Crippen LogP contribution in [0.4, 0.5) is 5.69 Å². The number of anilines is 1. The van der Waals surface area contributed by atoms with Gasteiger partial charge in [-0.25, -0.2) is 0 Å². The summed E-state index contributed by atoms with van der Waals surface area (Å²) >= 11 is 6.92. The Kier molecular flexibility index (Phi) is 4.98. The number of amides is 1. The molecular weight excluding hydrogens is 422 g/mol. The van der Waals surface area contributed by atoms with Crippen LogP contribution >= 0.6 is 31.9 Å². The van der Waals surface area contributed by atoms with Crippen LogP contribution in [0.5, 0.6) is 5.75 Å². The van der Waals surface area contributed by atoms with Gasteiger partial charge in [-0.15, -0.1) is 0 Å². The summed E-state index contributed by atoms with van der Waals surface area (Å²) in [5.74, 6) is 0.441. The number of fused-ring (bicyclic) bond motifs is 1. The van der Waals surface area contributed by atoms with Crippen molar-refractivity contribution in [3.63, 3.8) is 0 Å². The first-order chi connectivity index (χ1) is 11.1. The molecule has 3 nitrogen and oxygen atoms in total. The fourth-order valence-corrected chi connectivity index (χ4v) is 3.24. The molecule has 0 unspecified atom stereocenters. The molecule has 0 bridgehead atoms. The molecule has 0 aromatic heterocycles. The van der Waals surface area contributed by atoms with E-state index in [1.54, 1.807) is 0 Å². The third-order valence-electron chi connectivity index (χ3n) is 3.29. The molecule has 0 saturated carbocycles. The summed E-state index contributed by atoms with van der Waals surface area (Å²) in [4.78, 5) is 12.0. The summed E-state index contributed by atoms with van der Waals surface area (Å²) in [6.07, 6.45) is 0. The minimum absolute atomic E-state index is 0.0521. The number of hydrogen-bond acceptors (Lipinski definition) is 2. The second kappa shape index (κ2) is 7.15. The van der Waals surface area contributed by atoms with Gasteiger partial charge >= 0.3 is 0 Å². The van der Waals surface area contributed by atoms with Crippen LogP contribution in [0.3, 0.4) is 0 Å². The van der Waals surface area contributed by atoms with Crippen LogP contribution in [0.15, 0.2) is 69.6 Å². The first kappa shape index (κ1) is 16.0. The molecule has 0 spiro atoms. The molecule has 5 heteroatoms. The smallest absolute Gasteiger partial charge is 0.262 e. The van der Waals surface area contributed by atoms with E-state index in [9.17, 15) is 4.79 Å². The summed E-state index contributed by atoms with van der Waals surface area (Å²) in [6, 6.07) is 19.3. The van der Waals surface area contributed by atoms with Crippen molar-refractivity contribution in [3.05, 3.63) is 69.6 Å². The number of benzene rings is 3. The Labute approximate surface area is 150 Å². The van der Waals surface area contributed by atoms with Gasteiger partial charge in [0.1, 0.15) is 5.75 Å². The zero-order valence-electron chi connectivity index (χ0n) is 12.1. The SMILES string of the molecule is O=C(COc1ccc2ccccc2c1Br)Nc1cccc(Br)c1. The minimum atomic E-state index is -0.205. The molecule has 116 valence electrons. The van der Waals surface area contributed by atoms with Crippen molar-refractivity contribution in [2.75, 3.05) is 11.9 Å². The Morgan fingerprint density at radius 2 is 1.83 bits per heavy atom. The van der Waals surface area contributed by atoms with Gasteiger partial charge in [0.2, 0.25) is 0 Å². The van der Waals surface area contributed by atoms with Crippen molar-refractivity contribution < 1.29 is 9.53 Å². The number of halogens is 2. The Morgan fingerprint density at radius 1 is 1.00 bits per heavy atom. The van der Waals surface area contributed by atoms with Crippen LogP contribution in [-0.4, -0.2) is 12.5 Å². The second-order valence-corrected chi connectivity index (χ2v) is 6.65. The van der Waals surface area contributed by atoms with Crippen molar-refractivity contribution in [1.29, 1.82) is 0 Å². The fraction of sp³-hybridized carbons (Fsp3) is 0.0556. The Bertz CT molecular complexity index is 865. The Balaban J connectivity index is 1.68. The van der Waals surface area contributed by atoms with Crippen LogP contribution in [0.25, 0.3) is 10.8 Å². The van der Waals surface area contributed by atoms with E-state index in [1.165, 1.54) is 0 Å². The maximum Gasteiger partial charge on any atom is 0.262 e. The summed E-state index contributed by atoms with van der Waals surface area (Å²) in [5, 5.41) is 4.97. The Hall–Kier alpha value is -1.85. The van der Waals surface area contributed by atoms with Crippen molar-refractivity contribution in [2.45, 2.75) is 0 Å². The zero-order chi connectivity index (χ0) is 16.2. The maximum atomic E-state index is 12.0. The average molecular weight is 435 g/mol. The lowest BCUT2D eigenvalue weighted by molar-refractivity contribution is -0.118. The number of nitrogens with one attached hydrogen (secondary N) is 1. The van der Waals surface area contributed by atoms with Crippen LogP contribution in [0.2, 0.25) is 0 Å². The lowest BCUT2D eigenvalue weighted by atomic mass is 10.1. The molecule has 0 heterocycles. The van der Waals surface area contributed by atoms with Crippen molar-refractivity contribution >= 4 is 54.2 Å². The molecule has 0 aliphatic heterocycles. The van der Waals surface area contributed by atoms with Gasteiger partial charge in [0.25, 0.3) is 5.91 Å². The average Bonchev–Trinajstić information content (AvgIpc) is 2.54. The maximum absolute atomic E-state index is 12.0. The summed E-state index contributed by atoms with van der Waals surface area (Å²) in [6.45, 7) is -0.0521. The fourth-order valence-electron chi connectivity index (χ4n) is 2.23. The third kappa shape index (κ3) is 3.92. The second-order valence-electron chi connectivity index (χ2n) is 4.95. The molecule has 3 aromatic rings. The molecule has 0 aliphatic carbocycles. The van der Waals surface area contributed by atoms with Crippen molar-refractivity contribution in [2.24, 2.45) is 0 Å². The van der Waals surface area contributed by atoms with E-state index in [0.29, 0.717) is 5.75 Å². The first-order valence-corrected chi connectivity index (χ1v) is 8.57. The van der Waals surface area contributed by atoms with E-state index in [-0.39, 0.29) is 12.5 Å². The van der Waals surface area contributed by atoms with Crippen LogP contribution in [0, 0.1) is 0 Å². The van der Waals surface area contributed by atoms with Crippen molar-refractivity contribution in [1.82, 2.24) is 0 Å². The molecular formula is C18H13Br2NO2. The third-order valence-corrected chi connectivity index (χ3v) is 4.61. The van der Waals surface area contributed by atoms with E-state index >= 15 is 0 Å². The van der Waals surface area contributed by atoms with E-state index in [0.717, 1.165) is 25.4 Å². The van der Waals surface area contributed by atoms with Gasteiger partial charge in [-0.05, 0) is 51.0 Å². The highest BCUT2D eigenvalue weighted by molar-refractivity contribution is 9.11. The van der Waals surface area contributed by atoms with Gasteiger partial charge in [-0.1, -0.05) is 52.3 Å². The Morgan fingerprint density at radius 3 is 2.65 bits per heavy atom. The molecule has 1 N–H and O–H groups in total. The van der Waals surface area contributed by atoms with Gasteiger partial charge in [0.15, 0.2) is 6.61 Å².